The minimum atomic E-state index is -0.595. The Morgan fingerprint density at radius 3 is 2.39 bits per heavy atom. The average molecular weight is 412 g/mol. The predicted molar refractivity (Wildman–Crippen MR) is 109 cm³/mol. The standard InChI is InChI=1S/C19H29N3O5S/c1-13(2)16(23)21(6)9-10-28-12-15(27-19(26)14(3)4)11-22-8-7-20(5)17(24)18(22)25/h15H,1,3,7-12H2,2,4-6H3. The molecule has 1 aliphatic heterocycles. The Morgan fingerprint density at radius 2 is 1.82 bits per heavy atom. The zero-order chi connectivity index (χ0) is 21.4. The Balaban J connectivity index is 2.62. The smallest absolute Gasteiger partial charge is 0.333 e. The van der Waals surface area contributed by atoms with E-state index < -0.39 is 23.9 Å². The van der Waals surface area contributed by atoms with Crippen LogP contribution in [-0.2, 0) is 23.9 Å². The maximum atomic E-state index is 12.2. The Hall–Kier alpha value is -2.29. The third kappa shape index (κ3) is 7.03. The van der Waals surface area contributed by atoms with Crippen molar-refractivity contribution in [2.45, 2.75) is 20.0 Å². The molecule has 0 saturated carbocycles. The number of carbonyl (C=O) groups excluding carboxylic acids is 4. The molecule has 0 bridgehead atoms. The molecule has 0 aromatic rings. The number of esters is 1. The monoisotopic (exact) mass is 411 g/mol. The van der Waals surface area contributed by atoms with Crippen LogP contribution in [0, 0.1) is 0 Å². The number of ether oxygens (including phenoxy) is 1. The van der Waals surface area contributed by atoms with Crippen LogP contribution < -0.4 is 0 Å². The first-order valence-corrected chi connectivity index (χ1v) is 10.1. The van der Waals surface area contributed by atoms with Crippen molar-refractivity contribution < 1.29 is 23.9 Å². The Kier molecular flexibility index (Phi) is 9.24. The van der Waals surface area contributed by atoms with E-state index in [-0.39, 0.29) is 18.0 Å². The van der Waals surface area contributed by atoms with Crippen LogP contribution >= 0.6 is 11.8 Å². The molecule has 8 nitrogen and oxygen atoms in total. The largest absolute Gasteiger partial charge is 0.456 e. The average Bonchev–Trinajstić information content (AvgIpc) is 2.64. The van der Waals surface area contributed by atoms with Crippen LogP contribution in [0.5, 0.6) is 0 Å². The summed E-state index contributed by atoms with van der Waals surface area (Å²) in [5.41, 5.74) is 0.738. The van der Waals surface area contributed by atoms with Gasteiger partial charge in [-0.3, -0.25) is 14.4 Å². The van der Waals surface area contributed by atoms with Crippen molar-refractivity contribution >= 4 is 35.5 Å². The summed E-state index contributed by atoms with van der Waals surface area (Å²) in [5.74, 6) is -0.750. The van der Waals surface area contributed by atoms with Gasteiger partial charge in [0.05, 0.1) is 6.54 Å². The first-order chi connectivity index (χ1) is 13.0. The van der Waals surface area contributed by atoms with Crippen molar-refractivity contribution in [3.8, 4) is 0 Å². The summed E-state index contributed by atoms with van der Waals surface area (Å²) in [4.78, 5) is 52.1. The molecular weight excluding hydrogens is 382 g/mol. The maximum absolute atomic E-state index is 12.2. The van der Waals surface area contributed by atoms with Gasteiger partial charge in [0.15, 0.2) is 0 Å². The zero-order valence-electron chi connectivity index (χ0n) is 17.0. The van der Waals surface area contributed by atoms with Gasteiger partial charge in [-0.2, -0.15) is 11.8 Å². The molecule has 9 heteroatoms. The summed E-state index contributed by atoms with van der Waals surface area (Å²) in [5, 5.41) is 0. The quantitative estimate of drug-likeness (QED) is 0.226. The van der Waals surface area contributed by atoms with E-state index in [0.29, 0.717) is 36.7 Å². The first-order valence-electron chi connectivity index (χ1n) is 8.94. The Labute approximate surface area is 170 Å². The lowest BCUT2D eigenvalue weighted by molar-refractivity contribution is -0.157. The minimum absolute atomic E-state index is 0.118. The molecule has 0 radical (unpaired) electrons. The van der Waals surface area contributed by atoms with E-state index >= 15 is 0 Å². The molecule has 156 valence electrons. The summed E-state index contributed by atoms with van der Waals surface area (Å²) in [7, 11) is 3.28. The molecule has 1 aliphatic rings. The van der Waals surface area contributed by atoms with Crippen molar-refractivity contribution in [2.75, 3.05) is 51.8 Å². The molecule has 0 aromatic carbocycles. The fourth-order valence-corrected chi connectivity index (χ4v) is 3.42. The molecule has 28 heavy (non-hydrogen) atoms. The summed E-state index contributed by atoms with van der Waals surface area (Å²) in [6, 6.07) is 0. The molecule has 0 aliphatic carbocycles. The predicted octanol–water partition coefficient (Wildman–Crippen LogP) is 0.543. The van der Waals surface area contributed by atoms with Crippen molar-refractivity contribution in [1.29, 1.82) is 0 Å². The molecule has 3 amide bonds. The van der Waals surface area contributed by atoms with E-state index in [2.05, 4.69) is 13.2 Å². The highest BCUT2D eigenvalue weighted by Gasteiger charge is 2.32. The van der Waals surface area contributed by atoms with E-state index in [1.165, 1.54) is 21.6 Å². The van der Waals surface area contributed by atoms with E-state index in [9.17, 15) is 19.2 Å². The van der Waals surface area contributed by atoms with E-state index in [1.807, 2.05) is 0 Å². The third-order valence-corrected chi connectivity index (χ3v) is 5.23. The van der Waals surface area contributed by atoms with Gasteiger partial charge < -0.3 is 19.4 Å². The van der Waals surface area contributed by atoms with Crippen LogP contribution in [0.15, 0.2) is 24.3 Å². The van der Waals surface area contributed by atoms with Crippen molar-refractivity contribution in [1.82, 2.24) is 14.7 Å². The molecule has 0 aromatic heterocycles. The second-order valence-electron chi connectivity index (χ2n) is 6.87. The molecule has 0 spiro atoms. The Morgan fingerprint density at radius 1 is 1.18 bits per heavy atom. The van der Waals surface area contributed by atoms with E-state index in [4.69, 9.17) is 4.74 Å². The van der Waals surface area contributed by atoms with Crippen LogP contribution in [0.2, 0.25) is 0 Å². The van der Waals surface area contributed by atoms with Crippen molar-refractivity contribution in [3.63, 3.8) is 0 Å². The highest BCUT2D eigenvalue weighted by Crippen LogP contribution is 2.13. The number of nitrogens with zero attached hydrogens (tertiary/aromatic N) is 3. The molecular formula is C19H29N3O5S. The fraction of sp³-hybridized carbons (Fsp3) is 0.579. The molecule has 1 unspecified atom stereocenters. The topological polar surface area (TPSA) is 87.2 Å². The zero-order valence-corrected chi connectivity index (χ0v) is 17.8. The van der Waals surface area contributed by atoms with E-state index in [0.717, 1.165) is 0 Å². The fourth-order valence-electron chi connectivity index (χ4n) is 2.41. The van der Waals surface area contributed by atoms with Crippen LogP contribution in [0.3, 0.4) is 0 Å². The number of hydrogen-bond donors (Lipinski definition) is 0. The van der Waals surface area contributed by atoms with Crippen LogP contribution in [0.25, 0.3) is 0 Å². The molecule has 1 atom stereocenters. The Bertz CT molecular complexity index is 664. The maximum Gasteiger partial charge on any atom is 0.333 e. The molecule has 1 saturated heterocycles. The number of hydrogen-bond acceptors (Lipinski definition) is 6. The van der Waals surface area contributed by atoms with Gasteiger partial charge in [-0.25, -0.2) is 4.79 Å². The number of rotatable bonds is 10. The van der Waals surface area contributed by atoms with Gasteiger partial charge in [0.1, 0.15) is 6.10 Å². The van der Waals surface area contributed by atoms with Crippen LogP contribution in [0.1, 0.15) is 13.8 Å². The molecule has 1 rings (SSSR count). The number of likely N-dealkylation sites (N-methyl/N-ethyl adjacent to an activating group) is 2. The summed E-state index contributed by atoms with van der Waals surface area (Å²) in [6.07, 6.45) is -0.573. The lowest BCUT2D eigenvalue weighted by atomic mass is 10.2. The number of carbonyl (C=O) groups is 4. The highest BCUT2D eigenvalue weighted by atomic mass is 32.2. The lowest BCUT2D eigenvalue weighted by Crippen LogP contribution is -2.55. The van der Waals surface area contributed by atoms with Gasteiger partial charge in [0.25, 0.3) is 0 Å². The minimum Gasteiger partial charge on any atom is -0.456 e. The highest BCUT2D eigenvalue weighted by molar-refractivity contribution is 7.99. The first kappa shape index (κ1) is 23.7. The molecule has 0 N–H and O–H groups in total. The van der Waals surface area contributed by atoms with Gasteiger partial charge >= 0.3 is 17.8 Å². The van der Waals surface area contributed by atoms with Crippen molar-refractivity contribution in [3.05, 3.63) is 24.3 Å². The SMILES string of the molecule is C=C(C)C(=O)OC(CSCCN(C)C(=O)C(=C)C)CN1CCN(C)C(=O)C1=O. The molecule has 1 heterocycles. The van der Waals surface area contributed by atoms with Crippen LogP contribution in [0.4, 0.5) is 0 Å². The van der Waals surface area contributed by atoms with Gasteiger partial charge in [0, 0.05) is 56.4 Å². The number of thioether (sulfide) groups is 1. The number of piperazine rings is 1. The summed E-state index contributed by atoms with van der Waals surface area (Å²) < 4.78 is 5.45. The van der Waals surface area contributed by atoms with E-state index in [1.54, 1.807) is 32.8 Å². The number of amides is 3. The van der Waals surface area contributed by atoms with Gasteiger partial charge in [-0.1, -0.05) is 13.2 Å². The lowest BCUT2D eigenvalue weighted by Gasteiger charge is -2.33. The third-order valence-electron chi connectivity index (χ3n) is 4.15. The second kappa shape index (κ2) is 10.9. The second-order valence-corrected chi connectivity index (χ2v) is 8.02. The summed E-state index contributed by atoms with van der Waals surface area (Å²) >= 11 is 1.50. The van der Waals surface area contributed by atoms with Gasteiger partial charge in [0.2, 0.25) is 5.91 Å². The summed E-state index contributed by atoms with van der Waals surface area (Å²) in [6.45, 7) is 11.9. The normalized spacial score (nSPS) is 15.3. The van der Waals surface area contributed by atoms with Crippen molar-refractivity contribution in [2.24, 2.45) is 0 Å². The molecule has 1 fully saturated rings. The van der Waals surface area contributed by atoms with Crippen LogP contribution in [-0.4, -0.2) is 96.3 Å². The van der Waals surface area contributed by atoms with Gasteiger partial charge in [-0.05, 0) is 13.8 Å². The van der Waals surface area contributed by atoms with Gasteiger partial charge in [-0.15, -0.1) is 0 Å².